The fourth-order valence-corrected chi connectivity index (χ4v) is 2.95. The molecule has 3 rings (SSSR count). The van der Waals surface area contributed by atoms with Crippen molar-refractivity contribution >= 4 is 5.91 Å². The lowest BCUT2D eigenvalue weighted by Crippen LogP contribution is -2.41. The van der Waals surface area contributed by atoms with Gasteiger partial charge in [0.15, 0.2) is 6.10 Å². The lowest BCUT2D eigenvalue weighted by atomic mass is 9.97. The molecule has 1 aliphatic rings. The van der Waals surface area contributed by atoms with Crippen molar-refractivity contribution in [2.45, 2.75) is 39.3 Å². The van der Waals surface area contributed by atoms with Crippen LogP contribution in [0.5, 0.6) is 5.75 Å². The predicted octanol–water partition coefficient (Wildman–Crippen LogP) is 3.21. The highest BCUT2D eigenvalue weighted by atomic mass is 16.5. The smallest absolute Gasteiger partial charge is 0.261 e. The Hall–Kier alpha value is -2.36. The number of pyridine rings is 1. The third kappa shape index (κ3) is 3.21. The van der Waals surface area contributed by atoms with Crippen molar-refractivity contribution in [3.63, 3.8) is 0 Å². The van der Waals surface area contributed by atoms with Gasteiger partial charge in [0.25, 0.3) is 5.91 Å². The zero-order valence-electron chi connectivity index (χ0n) is 13.7. The molecule has 2 aromatic rings. The maximum absolute atomic E-state index is 12.6. The van der Waals surface area contributed by atoms with Gasteiger partial charge in [-0.1, -0.05) is 38.1 Å². The molecular weight excluding hydrogens is 288 g/mol. The van der Waals surface area contributed by atoms with Crippen molar-refractivity contribution in [1.82, 2.24) is 10.3 Å². The van der Waals surface area contributed by atoms with Gasteiger partial charge in [-0.2, -0.15) is 0 Å². The van der Waals surface area contributed by atoms with E-state index in [4.69, 9.17) is 4.74 Å². The van der Waals surface area contributed by atoms with Crippen LogP contribution in [0.4, 0.5) is 0 Å². The Kier molecular flexibility index (Phi) is 4.33. The SMILES string of the molecule is Cc1cccnc1[C@@H](NC(=O)[C@@H]1Cc2ccccc2O1)C(C)C. The summed E-state index contributed by atoms with van der Waals surface area (Å²) in [6.07, 6.45) is 1.93. The van der Waals surface area contributed by atoms with E-state index < -0.39 is 6.10 Å². The van der Waals surface area contributed by atoms with Crippen molar-refractivity contribution in [3.05, 3.63) is 59.4 Å². The second kappa shape index (κ2) is 6.41. The average molecular weight is 310 g/mol. The molecule has 0 bridgehead atoms. The maximum atomic E-state index is 12.6. The molecule has 0 aliphatic carbocycles. The van der Waals surface area contributed by atoms with Gasteiger partial charge in [-0.25, -0.2) is 0 Å². The topological polar surface area (TPSA) is 51.2 Å². The molecule has 1 amide bonds. The Labute approximate surface area is 136 Å². The van der Waals surface area contributed by atoms with Crippen LogP contribution < -0.4 is 10.1 Å². The minimum atomic E-state index is -0.460. The van der Waals surface area contributed by atoms with E-state index in [-0.39, 0.29) is 17.9 Å². The Morgan fingerprint density at radius 3 is 2.74 bits per heavy atom. The van der Waals surface area contributed by atoms with Crippen LogP contribution in [0.1, 0.15) is 36.7 Å². The molecule has 0 spiro atoms. The van der Waals surface area contributed by atoms with Crippen molar-refractivity contribution < 1.29 is 9.53 Å². The molecule has 1 aliphatic heterocycles. The Balaban J connectivity index is 1.75. The number of carbonyl (C=O) groups excluding carboxylic acids is 1. The minimum absolute atomic E-state index is 0.0787. The van der Waals surface area contributed by atoms with Crippen LogP contribution in [0.2, 0.25) is 0 Å². The number of hydrogen-bond donors (Lipinski definition) is 1. The summed E-state index contributed by atoms with van der Waals surface area (Å²) in [5, 5.41) is 3.12. The van der Waals surface area contributed by atoms with Gasteiger partial charge in [-0.15, -0.1) is 0 Å². The number of nitrogens with zero attached hydrogens (tertiary/aromatic N) is 1. The fraction of sp³-hybridized carbons (Fsp3) is 0.368. The van der Waals surface area contributed by atoms with E-state index in [9.17, 15) is 4.79 Å². The van der Waals surface area contributed by atoms with Crippen molar-refractivity contribution in [2.75, 3.05) is 0 Å². The largest absolute Gasteiger partial charge is 0.480 e. The number of para-hydroxylation sites is 1. The molecule has 23 heavy (non-hydrogen) atoms. The van der Waals surface area contributed by atoms with Gasteiger partial charge in [0.05, 0.1) is 11.7 Å². The normalized spacial score (nSPS) is 17.5. The standard InChI is InChI=1S/C19H22N2O2/c1-12(2)17(18-13(3)7-6-10-20-18)21-19(22)16-11-14-8-4-5-9-15(14)23-16/h4-10,12,16-17H,11H2,1-3H3,(H,21,22)/t16-,17-/m0/s1. The van der Waals surface area contributed by atoms with E-state index in [0.29, 0.717) is 6.42 Å². The number of carbonyl (C=O) groups is 1. The van der Waals surface area contributed by atoms with Crippen LogP contribution in [0.25, 0.3) is 0 Å². The maximum Gasteiger partial charge on any atom is 0.261 e. The molecule has 0 saturated carbocycles. The molecular formula is C19H22N2O2. The Bertz CT molecular complexity index is 687. The number of benzene rings is 1. The summed E-state index contributed by atoms with van der Waals surface area (Å²) in [6, 6.07) is 11.6. The highest BCUT2D eigenvalue weighted by Crippen LogP contribution is 2.29. The molecule has 0 radical (unpaired) electrons. The lowest BCUT2D eigenvalue weighted by molar-refractivity contribution is -0.128. The van der Waals surface area contributed by atoms with Crippen LogP contribution in [0.15, 0.2) is 42.6 Å². The zero-order chi connectivity index (χ0) is 16.4. The third-order valence-electron chi connectivity index (χ3n) is 4.25. The number of hydrogen-bond acceptors (Lipinski definition) is 3. The molecule has 1 aromatic heterocycles. The van der Waals surface area contributed by atoms with E-state index >= 15 is 0 Å². The van der Waals surface area contributed by atoms with E-state index in [2.05, 4.69) is 24.1 Å². The summed E-state index contributed by atoms with van der Waals surface area (Å²) >= 11 is 0. The van der Waals surface area contributed by atoms with Crippen LogP contribution >= 0.6 is 0 Å². The van der Waals surface area contributed by atoms with E-state index in [1.165, 1.54) is 0 Å². The molecule has 2 heterocycles. The number of fused-ring (bicyclic) bond motifs is 1. The second-order valence-corrected chi connectivity index (χ2v) is 6.35. The summed E-state index contributed by atoms with van der Waals surface area (Å²) in [6.45, 7) is 6.19. The number of aryl methyl sites for hydroxylation is 1. The monoisotopic (exact) mass is 310 g/mol. The number of amides is 1. The minimum Gasteiger partial charge on any atom is -0.480 e. The quantitative estimate of drug-likeness (QED) is 0.943. The predicted molar refractivity (Wildman–Crippen MR) is 89.3 cm³/mol. The number of aromatic nitrogens is 1. The lowest BCUT2D eigenvalue weighted by Gasteiger charge is -2.24. The molecule has 0 saturated heterocycles. The first-order chi connectivity index (χ1) is 11.1. The van der Waals surface area contributed by atoms with Gasteiger partial charge in [-0.3, -0.25) is 9.78 Å². The van der Waals surface area contributed by atoms with Crippen molar-refractivity contribution in [1.29, 1.82) is 0 Å². The molecule has 4 heteroatoms. The van der Waals surface area contributed by atoms with Gasteiger partial charge in [0, 0.05) is 12.6 Å². The van der Waals surface area contributed by atoms with Crippen LogP contribution in [0.3, 0.4) is 0 Å². The zero-order valence-corrected chi connectivity index (χ0v) is 13.7. The summed E-state index contributed by atoms with van der Waals surface area (Å²) in [4.78, 5) is 17.1. The Morgan fingerprint density at radius 1 is 1.26 bits per heavy atom. The van der Waals surface area contributed by atoms with E-state index in [1.807, 2.05) is 43.3 Å². The van der Waals surface area contributed by atoms with Gasteiger partial charge >= 0.3 is 0 Å². The first kappa shape index (κ1) is 15.5. The first-order valence-corrected chi connectivity index (χ1v) is 8.02. The van der Waals surface area contributed by atoms with Crippen molar-refractivity contribution in [2.24, 2.45) is 5.92 Å². The Morgan fingerprint density at radius 2 is 2.04 bits per heavy atom. The van der Waals surface area contributed by atoms with Gasteiger partial charge in [-0.05, 0) is 36.1 Å². The first-order valence-electron chi connectivity index (χ1n) is 8.02. The van der Waals surface area contributed by atoms with E-state index in [0.717, 1.165) is 22.6 Å². The van der Waals surface area contributed by atoms with Crippen molar-refractivity contribution in [3.8, 4) is 5.75 Å². The molecule has 0 unspecified atom stereocenters. The average Bonchev–Trinajstić information content (AvgIpc) is 2.97. The number of rotatable bonds is 4. The molecule has 2 atom stereocenters. The molecule has 1 N–H and O–H groups in total. The summed E-state index contributed by atoms with van der Waals surface area (Å²) < 4.78 is 5.78. The number of nitrogens with one attached hydrogen (secondary N) is 1. The molecule has 4 nitrogen and oxygen atoms in total. The summed E-state index contributed by atoms with van der Waals surface area (Å²) in [5.74, 6) is 0.976. The van der Waals surface area contributed by atoms with E-state index in [1.54, 1.807) is 6.20 Å². The third-order valence-corrected chi connectivity index (χ3v) is 4.25. The van der Waals surface area contributed by atoms with Gasteiger partial charge in [0.1, 0.15) is 5.75 Å². The highest BCUT2D eigenvalue weighted by molar-refractivity contribution is 5.83. The highest BCUT2D eigenvalue weighted by Gasteiger charge is 2.31. The fourth-order valence-electron chi connectivity index (χ4n) is 2.95. The summed E-state index contributed by atoms with van der Waals surface area (Å²) in [5.41, 5.74) is 3.09. The van der Waals surface area contributed by atoms with Gasteiger partial charge in [0.2, 0.25) is 0 Å². The van der Waals surface area contributed by atoms with Gasteiger partial charge < -0.3 is 10.1 Å². The second-order valence-electron chi connectivity index (χ2n) is 6.35. The van der Waals surface area contributed by atoms with Crippen LogP contribution in [0, 0.1) is 12.8 Å². The van der Waals surface area contributed by atoms with Crippen LogP contribution in [-0.2, 0) is 11.2 Å². The van der Waals surface area contributed by atoms with Crippen LogP contribution in [-0.4, -0.2) is 17.0 Å². The molecule has 0 fully saturated rings. The number of ether oxygens (including phenoxy) is 1. The molecule has 1 aromatic carbocycles. The summed E-state index contributed by atoms with van der Waals surface area (Å²) in [7, 11) is 0. The molecule has 120 valence electrons.